The minimum absolute atomic E-state index is 0.0770. The smallest absolute Gasteiger partial charge is 0.243 e. The summed E-state index contributed by atoms with van der Waals surface area (Å²) in [5, 5.41) is 4.60. The zero-order valence-electron chi connectivity index (χ0n) is 13.7. The molecule has 1 N–H and O–H groups in total. The van der Waals surface area contributed by atoms with E-state index in [2.05, 4.69) is 26.5 Å². The standard InChI is InChI=1S/C18H14BrCl2FN2O2/c1-9-4-13(23-24-18(9)25)5-10-2-3-15(21)17(16(10)22)26-14-7-11(19)6-12(20)8-14/h2-3,6-9H,4-5H2,1H3,(H,24,25)/t9-/m1/s1. The van der Waals surface area contributed by atoms with Crippen molar-refractivity contribution < 1.29 is 13.9 Å². The van der Waals surface area contributed by atoms with Crippen LogP contribution in [0, 0.1) is 11.7 Å². The van der Waals surface area contributed by atoms with Gasteiger partial charge < -0.3 is 4.74 Å². The van der Waals surface area contributed by atoms with E-state index in [1.54, 1.807) is 37.3 Å². The molecule has 1 amide bonds. The molecule has 0 unspecified atom stereocenters. The molecule has 0 radical (unpaired) electrons. The Bertz CT molecular complexity index is 885. The Kier molecular flexibility index (Phi) is 5.85. The third-order valence-corrected chi connectivity index (χ3v) is 4.87. The predicted octanol–water partition coefficient (Wildman–Crippen LogP) is 5.74. The lowest BCUT2D eigenvalue weighted by Crippen LogP contribution is -2.33. The van der Waals surface area contributed by atoms with Gasteiger partial charge in [0.1, 0.15) is 5.75 Å². The number of hydrogen-bond donors (Lipinski definition) is 1. The van der Waals surface area contributed by atoms with E-state index in [0.717, 1.165) is 0 Å². The van der Waals surface area contributed by atoms with Crippen molar-refractivity contribution in [3.05, 3.63) is 56.2 Å². The van der Waals surface area contributed by atoms with Gasteiger partial charge in [-0.2, -0.15) is 5.10 Å². The zero-order valence-corrected chi connectivity index (χ0v) is 16.8. The van der Waals surface area contributed by atoms with E-state index in [0.29, 0.717) is 32.9 Å². The normalized spacial score (nSPS) is 16.9. The Hall–Kier alpha value is -1.63. The van der Waals surface area contributed by atoms with Crippen LogP contribution in [0.2, 0.25) is 10.0 Å². The Morgan fingerprint density at radius 2 is 2.12 bits per heavy atom. The van der Waals surface area contributed by atoms with Gasteiger partial charge in [-0.05, 0) is 36.2 Å². The predicted molar refractivity (Wildman–Crippen MR) is 104 cm³/mol. The molecule has 0 aliphatic carbocycles. The van der Waals surface area contributed by atoms with Crippen LogP contribution >= 0.6 is 39.1 Å². The Labute approximate surface area is 168 Å². The number of carbonyl (C=O) groups is 1. The first kappa shape index (κ1) is 19.1. The lowest BCUT2D eigenvalue weighted by atomic mass is 9.97. The van der Waals surface area contributed by atoms with Crippen molar-refractivity contribution in [3.63, 3.8) is 0 Å². The van der Waals surface area contributed by atoms with E-state index in [4.69, 9.17) is 27.9 Å². The molecule has 0 saturated carbocycles. The average molecular weight is 460 g/mol. The van der Waals surface area contributed by atoms with Gasteiger partial charge in [0.05, 0.1) is 5.02 Å². The first-order valence-electron chi connectivity index (χ1n) is 7.79. The molecule has 1 aliphatic heterocycles. The summed E-state index contributed by atoms with van der Waals surface area (Å²) in [7, 11) is 0. The maximum atomic E-state index is 15.0. The van der Waals surface area contributed by atoms with E-state index in [1.807, 2.05) is 0 Å². The van der Waals surface area contributed by atoms with Gasteiger partial charge in [0.15, 0.2) is 11.6 Å². The summed E-state index contributed by atoms with van der Waals surface area (Å²) in [5.74, 6) is -0.621. The molecule has 0 spiro atoms. The first-order chi connectivity index (χ1) is 12.3. The molecule has 0 aromatic heterocycles. The minimum atomic E-state index is -0.569. The van der Waals surface area contributed by atoms with E-state index in [9.17, 15) is 9.18 Å². The summed E-state index contributed by atoms with van der Waals surface area (Å²) in [4.78, 5) is 11.5. The molecule has 136 valence electrons. The molecular formula is C18H14BrCl2FN2O2. The Morgan fingerprint density at radius 3 is 2.81 bits per heavy atom. The highest BCUT2D eigenvalue weighted by Gasteiger charge is 2.23. The number of hydrogen-bond acceptors (Lipinski definition) is 3. The number of nitrogens with zero attached hydrogens (tertiary/aromatic N) is 1. The van der Waals surface area contributed by atoms with Gasteiger partial charge in [0.2, 0.25) is 5.91 Å². The number of halogens is 4. The Morgan fingerprint density at radius 1 is 1.35 bits per heavy atom. The number of nitrogens with one attached hydrogen (secondary N) is 1. The van der Waals surface area contributed by atoms with Crippen molar-refractivity contribution in [3.8, 4) is 11.5 Å². The second-order valence-corrected chi connectivity index (χ2v) is 7.75. The second-order valence-electron chi connectivity index (χ2n) is 5.99. The van der Waals surface area contributed by atoms with E-state index in [-0.39, 0.29) is 29.0 Å². The quantitative estimate of drug-likeness (QED) is 0.633. The molecule has 1 aliphatic rings. The van der Waals surface area contributed by atoms with Crippen LogP contribution in [0.25, 0.3) is 0 Å². The van der Waals surface area contributed by atoms with Crippen molar-refractivity contribution in [2.45, 2.75) is 19.8 Å². The fourth-order valence-electron chi connectivity index (χ4n) is 2.58. The van der Waals surface area contributed by atoms with Gasteiger partial charge in [-0.25, -0.2) is 9.82 Å². The van der Waals surface area contributed by atoms with Gasteiger partial charge >= 0.3 is 0 Å². The minimum Gasteiger partial charge on any atom is -0.453 e. The van der Waals surface area contributed by atoms with Crippen LogP contribution in [-0.4, -0.2) is 11.6 Å². The number of benzene rings is 2. The summed E-state index contributed by atoms with van der Waals surface area (Å²) >= 11 is 15.4. The molecule has 0 fully saturated rings. The first-order valence-corrected chi connectivity index (χ1v) is 9.34. The van der Waals surface area contributed by atoms with Crippen LogP contribution < -0.4 is 10.2 Å². The average Bonchev–Trinajstić information content (AvgIpc) is 2.56. The van der Waals surface area contributed by atoms with Gasteiger partial charge in [-0.1, -0.05) is 52.1 Å². The van der Waals surface area contributed by atoms with E-state index in [1.165, 1.54) is 0 Å². The number of carbonyl (C=O) groups excluding carboxylic acids is 1. The lowest BCUT2D eigenvalue weighted by Gasteiger charge is -2.18. The van der Waals surface area contributed by atoms with Crippen molar-refractivity contribution in [1.82, 2.24) is 5.43 Å². The summed E-state index contributed by atoms with van der Waals surface area (Å²) in [5.41, 5.74) is 3.52. The highest BCUT2D eigenvalue weighted by atomic mass is 79.9. The van der Waals surface area contributed by atoms with Crippen LogP contribution in [-0.2, 0) is 11.2 Å². The highest BCUT2D eigenvalue weighted by molar-refractivity contribution is 9.10. The third kappa shape index (κ3) is 4.37. The monoisotopic (exact) mass is 458 g/mol. The summed E-state index contributed by atoms with van der Waals surface area (Å²) in [6.45, 7) is 1.80. The number of ether oxygens (including phenoxy) is 1. The van der Waals surface area contributed by atoms with Crippen LogP contribution in [0.3, 0.4) is 0 Å². The van der Waals surface area contributed by atoms with Crippen molar-refractivity contribution in [2.75, 3.05) is 0 Å². The van der Waals surface area contributed by atoms with Gasteiger partial charge in [-0.3, -0.25) is 4.79 Å². The summed E-state index contributed by atoms with van der Waals surface area (Å²) in [6, 6.07) is 8.08. The second kappa shape index (κ2) is 7.94. The zero-order chi connectivity index (χ0) is 18.8. The molecule has 0 saturated heterocycles. The molecule has 3 rings (SSSR count). The van der Waals surface area contributed by atoms with Crippen molar-refractivity contribution in [2.24, 2.45) is 11.0 Å². The molecule has 1 atom stereocenters. The van der Waals surface area contributed by atoms with Crippen molar-refractivity contribution >= 4 is 50.8 Å². The molecule has 26 heavy (non-hydrogen) atoms. The molecule has 1 heterocycles. The van der Waals surface area contributed by atoms with Gasteiger partial charge in [0.25, 0.3) is 0 Å². The van der Waals surface area contributed by atoms with Crippen LogP contribution in [0.5, 0.6) is 11.5 Å². The molecule has 2 aromatic rings. The summed E-state index contributed by atoms with van der Waals surface area (Å²) in [6.07, 6.45) is 0.731. The van der Waals surface area contributed by atoms with Gasteiger partial charge in [0, 0.05) is 27.5 Å². The fraction of sp³-hybridized carbons (Fsp3) is 0.222. The maximum absolute atomic E-state index is 15.0. The number of amides is 1. The molecule has 8 heteroatoms. The lowest BCUT2D eigenvalue weighted by molar-refractivity contribution is -0.124. The molecule has 0 bridgehead atoms. The van der Waals surface area contributed by atoms with E-state index >= 15 is 0 Å². The molecule has 2 aromatic carbocycles. The number of hydrazone groups is 1. The fourth-order valence-corrected chi connectivity index (χ4v) is 3.59. The topological polar surface area (TPSA) is 50.7 Å². The maximum Gasteiger partial charge on any atom is 0.243 e. The van der Waals surface area contributed by atoms with Crippen LogP contribution in [0.15, 0.2) is 39.9 Å². The largest absolute Gasteiger partial charge is 0.453 e. The Balaban J connectivity index is 1.88. The van der Waals surface area contributed by atoms with Crippen LogP contribution in [0.1, 0.15) is 18.9 Å². The van der Waals surface area contributed by atoms with Crippen LogP contribution in [0.4, 0.5) is 4.39 Å². The molecule has 4 nitrogen and oxygen atoms in total. The van der Waals surface area contributed by atoms with Crippen molar-refractivity contribution in [1.29, 1.82) is 0 Å². The van der Waals surface area contributed by atoms with E-state index < -0.39 is 5.82 Å². The SMILES string of the molecule is C[C@@H]1CC(Cc2ccc(Cl)c(Oc3cc(Cl)cc(Br)c3)c2F)=NNC1=O. The third-order valence-electron chi connectivity index (χ3n) is 3.89. The highest BCUT2D eigenvalue weighted by Crippen LogP contribution is 2.36. The van der Waals surface area contributed by atoms with Gasteiger partial charge in [-0.15, -0.1) is 0 Å². The summed E-state index contributed by atoms with van der Waals surface area (Å²) < 4.78 is 21.3. The molecular weight excluding hydrogens is 446 g/mol. The number of rotatable bonds is 4.